The predicted molar refractivity (Wildman–Crippen MR) is 91.8 cm³/mol. The first kappa shape index (κ1) is 17.6. The second-order valence-corrected chi connectivity index (χ2v) is 6.90. The molecular weight excluding hydrogens is 325 g/mol. The molecule has 0 radical (unpaired) electrons. The molecule has 0 amide bonds. The molecule has 2 aliphatic rings. The van der Waals surface area contributed by atoms with Crippen LogP contribution in [0.4, 0.5) is 0 Å². The largest absolute Gasteiger partial charge is 0.560 e. The highest BCUT2D eigenvalue weighted by molar-refractivity contribution is 6.51. The van der Waals surface area contributed by atoms with Gasteiger partial charge in [-0.15, -0.1) is 0 Å². The fourth-order valence-electron chi connectivity index (χ4n) is 3.25. The van der Waals surface area contributed by atoms with Gasteiger partial charge in [-0.05, 0) is 31.2 Å². The number of hydrogen-bond acceptors (Lipinski definition) is 5. The summed E-state index contributed by atoms with van der Waals surface area (Å²) < 4.78 is 11.6. The van der Waals surface area contributed by atoms with Crippen LogP contribution < -0.4 is 9.39 Å². The van der Waals surface area contributed by atoms with E-state index in [1.54, 1.807) is 13.0 Å². The normalized spacial score (nSPS) is 18.7. The molecule has 2 heterocycles. The van der Waals surface area contributed by atoms with Crippen LogP contribution in [0, 0.1) is 5.92 Å². The van der Waals surface area contributed by atoms with Gasteiger partial charge in [-0.1, -0.05) is 13.0 Å². The third kappa shape index (κ3) is 3.73. The van der Waals surface area contributed by atoms with Gasteiger partial charge >= 0.3 is 18.9 Å². The molecule has 1 fully saturated rings. The van der Waals surface area contributed by atoms with E-state index in [0.717, 1.165) is 18.3 Å². The average molecular weight is 347 g/mol. The molecular formula is C17H22BNO6. The second-order valence-electron chi connectivity index (χ2n) is 6.90. The molecule has 1 aromatic carbocycles. The minimum Gasteiger partial charge on any atom is -0.560 e. The first-order valence-corrected chi connectivity index (χ1v) is 8.52. The van der Waals surface area contributed by atoms with E-state index in [2.05, 4.69) is 0 Å². The molecule has 2 N–H and O–H groups in total. The third-order valence-electron chi connectivity index (χ3n) is 4.73. The molecule has 0 aromatic heterocycles. The van der Waals surface area contributed by atoms with Gasteiger partial charge in [0.05, 0.1) is 5.92 Å². The number of likely N-dealkylation sites (tertiary alicyclic amines) is 1. The third-order valence-corrected chi connectivity index (χ3v) is 4.73. The van der Waals surface area contributed by atoms with Crippen molar-refractivity contribution in [3.63, 3.8) is 0 Å². The molecule has 1 saturated heterocycles. The highest BCUT2D eigenvalue weighted by Gasteiger charge is 2.33. The van der Waals surface area contributed by atoms with E-state index in [1.807, 2.05) is 17.8 Å². The smallest absolute Gasteiger partial charge is 0.354 e. The number of carboxylic acids is 2. The molecule has 0 bridgehead atoms. The van der Waals surface area contributed by atoms with Gasteiger partial charge < -0.3 is 19.6 Å². The predicted octanol–water partition coefficient (Wildman–Crippen LogP) is 1.72. The van der Waals surface area contributed by atoms with E-state index in [1.165, 1.54) is 0 Å². The first-order valence-electron chi connectivity index (χ1n) is 8.52. The minimum absolute atomic E-state index is 0.0162. The van der Waals surface area contributed by atoms with Crippen molar-refractivity contribution in [1.29, 1.82) is 0 Å². The van der Waals surface area contributed by atoms with Gasteiger partial charge in [-0.2, -0.15) is 0 Å². The number of rotatable bonds is 6. The number of ether oxygens (including phenoxy) is 1. The zero-order valence-corrected chi connectivity index (χ0v) is 14.4. The molecule has 7 nitrogen and oxygen atoms in total. The maximum atomic E-state index is 11.7. The Balaban J connectivity index is 1.69. The molecule has 1 unspecified atom stereocenters. The van der Waals surface area contributed by atoms with Crippen molar-refractivity contribution in [2.24, 2.45) is 5.92 Å². The summed E-state index contributed by atoms with van der Waals surface area (Å²) in [5.41, 5.74) is 0.981. The number of hydrogen-bond donors (Lipinski definition) is 2. The molecule has 3 rings (SSSR count). The van der Waals surface area contributed by atoms with Gasteiger partial charge in [0.15, 0.2) is 0 Å². The van der Waals surface area contributed by atoms with Crippen LogP contribution >= 0.6 is 0 Å². The maximum absolute atomic E-state index is 11.7. The molecule has 0 saturated carbocycles. The van der Waals surface area contributed by atoms with E-state index in [-0.39, 0.29) is 18.6 Å². The second kappa shape index (κ2) is 6.96. The molecule has 2 aliphatic heterocycles. The number of benzene rings is 1. The van der Waals surface area contributed by atoms with Gasteiger partial charge in [0.2, 0.25) is 0 Å². The first-order chi connectivity index (χ1) is 11.8. The SMILES string of the molecule is CB1CCc2ccc(OC3CN(CC(C)C(=O)O)C3)c(C(=O)O)c2O1. The van der Waals surface area contributed by atoms with Crippen LogP contribution in [-0.2, 0) is 11.2 Å². The van der Waals surface area contributed by atoms with Crippen LogP contribution in [0.2, 0.25) is 13.1 Å². The summed E-state index contributed by atoms with van der Waals surface area (Å²) >= 11 is 0. The Morgan fingerprint density at radius 2 is 2.12 bits per heavy atom. The van der Waals surface area contributed by atoms with Crippen molar-refractivity contribution in [3.05, 3.63) is 23.3 Å². The van der Waals surface area contributed by atoms with Crippen LogP contribution in [0.25, 0.3) is 0 Å². The maximum Gasteiger partial charge on any atom is 0.354 e. The topological polar surface area (TPSA) is 96.3 Å². The summed E-state index contributed by atoms with van der Waals surface area (Å²) in [5, 5.41) is 18.6. The molecule has 25 heavy (non-hydrogen) atoms. The average Bonchev–Trinajstić information content (AvgIpc) is 2.51. The fourth-order valence-corrected chi connectivity index (χ4v) is 3.25. The highest BCUT2D eigenvalue weighted by Crippen LogP contribution is 2.37. The minimum atomic E-state index is -1.06. The van der Waals surface area contributed by atoms with Crippen LogP contribution in [0.15, 0.2) is 12.1 Å². The summed E-state index contributed by atoms with van der Waals surface area (Å²) in [6, 6.07) is 3.57. The highest BCUT2D eigenvalue weighted by atomic mass is 16.5. The molecule has 1 atom stereocenters. The number of nitrogens with zero attached hydrogens (tertiary/aromatic N) is 1. The van der Waals surface area contributed by atoms with Crippen molar-refractivity contribution < 1.29 is 29.2 Å². The van der Waals surface area contributed by atoms with Crippen molar-refractivity contribution >= 4 is 18.9 Å². The zero-order chi connectivity index (χ0) is 18.1. The summed E-state index contributed by atoms with van der Waals surface area (Å²) in [4.78, 5) is 24.6. The number of fused-ring (bicyclic) bond motifs is 1. The quantitative estimate of drug-likeness (QED) is 0.757. The van der Waals surface area contributed by atoms with E-state index in [9.17, 15) is 14.7 Å². The summed E-state index contributed by atoms with van der Waals surface area (Å²) in [5.74, 6) is -1.58. The number of carbonyl (C=O) groups is 2. The Kier molecular flexibility index (Phi) is 4.90. The van der Waals surface area contributed by atoms with Crippen LogP contribution in [0.3, 0.4) is 0 Å². The number of aromatic carboxylic acids is 1. The number of aliphatic carboxylic acids is 1. The summed E-state index contributed by atoms with van der Waals surface area (Å²) in [6.45, 7) is 5.22. The number of carboxylic acid groups (broad SMARTS) is 2. The van der Waals surface area contributed by atoms with Crippen LogP contribution in [0.5, 0.6) is 11.5 Å². The zero-order valence-electron chi connectivity index (χ0n) is 14.4. The Bertz CT molecular complexity index is 688. The molecule has 0 spiro atoms. The van der Waals surface area contributed by atoms with Crippen LogP contribution in [0.1, 0.15) is 22.8 Å². The van der Waals surface area contributed by atoms with Gasteiger partial charge in [-0.3, -0.25) is 9.69 Å². The molecule has 134 valence electrons. The standard InChI is InChI=1S/C17H22BNO6/c1-10(16(20)21)7-19-8-12(9-19)24-13-4-3-11-5-6-18(2)25-15(11)14(13)17(22)23/h3-4,10,12H,5-9H2,1-2H3,(H,20,21)(H,22,23). The molecule has 8 heteroatoms. The Hall–Kier alpha value is -2.22. The Morgan fingerprint density at radius 3 is 2.76 bits per heavy atom. The molecule has 0 aliphatic carbocycles. The van der Waals surface area contributed by atoms with E-state index < -0.39 is 17.9 Å². The lowest BCUT2D eigenvalue weighted by Crippen LogP contribution is -2.55. The van der Waals surface area contributed by atoms with Crippen molar-refractivity contribution in [1.82, 2.24) is 4.90 Å². The van der Waals surface area contributed by atoms with Gasteiger partial charge in [0.1, 0.15) is 23.2 Å². The Morgan fingerprint density at radius 1 is 1.40 bits per heavy atom. The number of aryl methyl sites for hydroxylation is 1. The van der Waals surface area contributed by atoms with Crippen molar-refractivity contribution in [3.8, 4) is 11.5 Å². The molecule has 1 aromatic rings. The van der Waals surface area contributed by atoms with E-state index in [0.29, 0.717) is 31.1 Å². The van der Waals surface area contributed by atoms with Crippen molar-refractivity contribution in [2.75, 3.05) is 19.6 Å². The lowest BCUT2D eigenvalue weighted by Gasteiger charge is -2.40. The summed E-state index contributed by atoms with van der Waals surface area (Å²) in [6.07, 6.45) is 1.52. The van der Waals surface area contributed by atoms with Gasteiger partial charge in [0, 0.05) is 19.6 Å². The lowest BCUT2D eigenvalue weighted by molar-refractivity contribution is -0.142. The van der Waals surface area contributed by atoms with Gasteiger partial charge in [0.25, 0.3) is 0 Å². The van der Waals surface area contributed by atoms with Crippen molar-refractivity contribution in [2.45, 2.75) is 32.6 Å². The monoisotopic (exact) mass is 347 g/mol. The van der Waals surface area contributed by atoms with Crippen LogP contribution in [-0.4, -0.2) is 59.7 Å². The van der Waals surface area contributed by atoms with E-state index in [4.69, 9.17) is 14.5 Å². The van der Waals surface area contributed by atoms with Gasteiger partial charge in [-0.25, -0.2) is 4.79 Å². The fraction of sp³-hybridized carbons (Fsp3) is 0.529. The summed E-state index contributed by atoms with van der Waals surface area (Å²) in [7, 11) is 0. The Labute approximate surface area is 146 Å². The lowest BCUT2D eigenvalue weighted by atomic mass is 9.64. The van der Waals surface area contributed by atoms with E-state index >= 15 is 0 Å².